The predicted molar refractivity (Wildman–Crippen MR) is 111 cm³/mol. The lowest BCUT2D eigenvalue weighted by Crippen LogP contribution is -2.33. The first kappa shape index (κ1) is 25.0. The van der Waals surface area contributed by atoms with Gasteiger partial charge < -0.3 is 5.32 Å². The fraction of sp³-hybridized carbons (Fsp3) is 0.300. The Morgan fingerprint density at radius 1 is 1.06 bits per heavy atom. The first-order valence-corrected chi connectivity index (χ1v) is 10.4. The van der Waals surface area contributed by atoms with E-state index in [9.17, 15) is 31.5 Å². The molecule has 2 aromatic rings. The number of alkyl halides is 5. The molecule has 1 aliphatic rings. The first-order valence-electron chi connectivity index (χ1n) is 8.91. The van der Waals surface area contributed by atoms with Gasteiger partial charge >= 0.3 is 6.18 Å². The third kappa shape index (κ3) is 5.14. The molecule has 1 aliphatic carbocycles. The van der Waals surface area contributed by atoms with E-state index in [-0.39, 0.29) is 28.1 Å². The van der Waals surface area contributed by atoms with Crippen molar-refractivity contribution in [2.75, 3.05) is 6.54 Å². The van der Waals surface area contributed by atoms with E-state index in [1.54, 1.807) is 5.32 Å². The predicted octanol–water partition coefficient (Wildman–Crippen LogP) is 6.26. The van der Waals surface area contributed by atoms with Crippen LogP contribution in [0.3, 0.4) is 0 Å². The van der Waals surface area contributed by atoms with Gasteiger partial charge in [-0.1, -0.05) is 35.3 Å². The topological polar surface area (TPSA) is 46.2 Å². The molecule has 1 amide bonds. The van der Waals surface area contributed by atoms with Crippen molar-refractivity contribution in [2.24, 2.45) is 5.92 Å². The van der Waals surface area contributed by atoms with Crippen LogP contribution in [-0.2, 0) is 11.2 Å². The Morgan fingerprint density at radius 2 is 1.72 bits per heavy atom. The highest BCUT2D eigenvalue weighted by molar-refractivity contribution is 6.53. The molecule has 0 bridgehead atoms. The smallest absolute Gasteiger partial charge is 0.343 e. The van der Waals surface area contributed by atoms with Crippen LogP contribution in [-0.4, -0.2) is 28.7 Å². The summed E-state index contributed by atoms with van der Waals surface area (Å²) in [5.74, 6) is -5.70. The van der Waals surface area contributed by atoms with Gasteiger partial charge in [0.1, 0.15) is 33.3 Å². The van der Waals surface area contributed by atoms with Crippen molar-refractivity contribution in [1.29, 1.82) is 0 Å². The molecule has 1 N–H and O–H groups in total. The molecule has 1 fully saturated rings. The molecule has 3 nitrogen and oxygen atoms in total. The molecule has 2 atom stereocenters. The number of nitrogens with one attached hydrogen (secondary N) is 1. The molecular formula is C20H12Cl4F5NO2. The number of hydrogen-bond acceptors (Lipinski definition) is 2. The van der Waals surface area contributed by atoms with Gasteiger partial charge in [0.05, 0.1) is 16.5 Å². The molecule has 2 aromatic carbocycles. The standard InChI is InChI=1S/C20H12Cl4F5NO2/c21-11-3-1-8(5-10(11)18(32)30-7-19(27,28)29)6-13(31)15-14(20(15,23)24)9-2-4-12(25)16(22)17(9)26/h1-5,14-15H,6-7H2,(H,30,32). The normalized spacial score (nSPS) is 19.5. The van der Waals surface area contributed by atoms with Crippen LogP contribution in [0.4, 0.5) is 22.0 Å². The summed E-state index contributed by atoms with van der Waals surface area (Å²) >= 11 is 23.8. The van der Waals surface area contributed by atoms with Crippen molar-refractivity contribution in [2.45, 2.75) is 22.8 Å². The van der Waals surface area contributed by atoms with Gasteiger partial charge in [-0.05, 0) is 29.3 Å². The van der Waals surface area contributed by atoms with E-state index < -0.39 is 57.2 Å². The third-order valence-corrected chi connectivity index (χ3v) is 6.52. The molecule has 2 unspecified atom stereocenters. The SMILES string of the molecule is O=C(NCC(F)(F)F)c1cc(CC(=O)C2C(c3ccc(F)c(Cl)c3F)C2(Cl)Cl)ccc1Cl. The minimum Gasteiger partial charge on any atom is -0.343 e. The number of carbonyl (C=O) groups is 2. The highest BCUT2D eigenvalue weighted by Gasteiger charge is 2.67. The van der Waals surface area contributed by atoms with Gasteiger partial charge in [0, 0.05) is 12.3 Å². The molecule has 0 saturated heterocycles. The Kier molecular flexibility index (Phi) is 7.01. The summed E-state index contributed by atoms with van der Waals surface area (Å²) in [6.45, 7) is -1.55. The number of halogens is 9. The van der Waals surface area contributed by atoms with Gasteiger partial charge in [0.25, 0.3) is 5.91 Å². The van der Waals surface area contributed by atoms with Gasteiger partial charge in [-0.3, -0.25) is 9.59 Å². The largest absolute Gasteiger partial charge is 0.405 e. The van der Waals surface area contributed by atoms with E-state index in [4.69, 9.17) is 46.4 Å². The van der Waals surface area contributed by atoms with Crippen molar-refractivity contribution < 1.29 is 31.5 Å². The minimum atomic E-state index is -4.61. The average molecular weight is 535 g/mol. The van der Waals surface area contributed by atoms with Gasteiger partial charge in [0.15, 0.2) is 0 Å². The number of carbonyl (C=O) groups excluding carboxylic acids is 2. The van der Waals surface area contributed by atoms with Crippen molar-refractivity contribution >= 4 is 58.1 Å². The molecule has 3 rings (SSSR count). The average Bonchev–Trinajstić information content (AvgIpc) is 3.27. The lowest BCUT2D eigenvalue weighted by atomic mass is 10.0. The molecule has 12 heteroatoms. The third-order valence-electron chi connectivity index (χ3n) is 4.90. The van der Waals surface area contributed by atoms with Crippen LogP contribution in [0.5, 0.6) is 0 Å². The van der Waals surface area contributed by atoms with Crippen LogP contribution in [0.15, 0.2) is 30.3 Å². The lowest BCUT2D eigenvalue weighted by molar-refractivity contribution is -0.123. The molecule has 1 saturated carbocycles. The second-order valence-electron chi connectivity index (χ2n) is 7.15. The van der Waals surface area contributed by atoms with Crippen LogP contribution < -0.4 is 5.32 Å². The van der Waals surface area contributed by atoms with Crippen LogP contribution in [0.1, 0.15) is 27.4 Å². The molecule has 172 valence electrons. The monoisotopic (exact) mass is 533 g/mol. The van der Waals surface area contributed by atoms with Crippen LogP contribution >= 0.6 is 46.4 Å². The van der Waals surface area contributed by atoms with E-state index in [0.717, 1.165) is 12.1 Å². The Morgan fingerprint density at radius 3 is 2.34 bits per heavy atom. The maximum Gasteiger partial charge on any atom is 0.405 e. The molecule has 0 aliphatic heterocycles. The van der Waals surface area contributed by atoms with Crippen molar-refractivity contribution in [3.05, 3.63) is 68.7 Å². The van der Waals surface area contributed by atoms with E-state index >= 15 is 0 Å². The van der Waals surface area contributed by atoms with Crippen LogP contribution in [0, 0.1) is 17.6 Å². The van der Waals surface area contributed by atoms with Gasteiger partial charge in [0.2, 0.25) is 0 Å². The highest BCUT2D eigenvalue weighted by atomic mass is 35.5. The second-order valence-corrected chi connectivity index (χ2v) is 9.38. The van der Waals surface area contributed by atoms with Gasteiger partial charge in [-0.25, -0.2) is 8.78 Å². The number of Topliss-reactive ketones (excluding diaryl/α,β-unsaturated/α-hetero) is 1. The van der Waals surface area contributed by atoms with Crippen LogP contribution in [0.2, 0.25) is 10.0 Å². The van der Waals surface area contributed by atoms with E-state index in [2.05, 4.69) is 0 Å². The van der Waals surface area contributed by atoms with Crippen molar-refractivity contribution in [3.63, 3.8) is 0 Å². The number of hydrogen-bond donors (Lipinski definition) is 1. The Labute approximate surface area is 198 Å². The van der Waals surface area contributed by atoms with E-state index in [0.29, 0.717) is 0 Å². The lowest BCUT2D eigenvalue weighted by Gasteiger charge is -2.10. The second kappa shape index (κ2) is 8.97. The van der Waals surface area contributed by atoms with E-state index in [1.807, 2.05) is 0 Å². The summed E-state index contributed by atoms with van der Waals surface area (Å²) in [7, 11) is 0. The number of ketones is 1. The maximum absolute atomic E-state index is 14.4. The quantitative estimate of drug-likeness (QED) is 0.270. The zero-order valence-corrected chi connectivity index (χ0v) is 18.7. The number of amides is 1. The Hall–Kier alpha value is -1.61. The number of rotatable bonds is 6. The van der Waals surface area contributed by atoms with Gasteiger partial charge in [-0.15, -0.1) is 23.2 Å². The summed E-state index contributed by atoms with van der Waals surface area (Å²) in [5, 5.41) is 0.826. The Balaban J connectivity index is 1.78. The van der Waals surface area contributed by atoms with E-state index in [1.165, 1.54) is 18.2 Å². The summed E-state index contributed by atoms with van der Waals surface area (Å²) in [6.07, 6.45) is -4.92. The minimum absolute atomic E-state index is 0.114. The van der Waals surface area contributed by atoms with Crippen molar-refractivity contribution in [1.82, 2.24) is 5.32 Å². The molecule has 0 spiro atoms. The zero-order valence-electron chi connectivity index (χ0n) is 15.7. The molecule has 0 radical (unpaired) electrons. The summed E-state index contributed by atoms with van der Waals surface area (Å²) in [6, 6.07) is 5.85. The Bertz CT molecular complexity index is 1090. The van der Waals surface area contributed by atoms with Crippen molar-refractivity contribution in [3.8, 4) is 0 Å². The zero-order chi connectivity index (χ0) is 24.0. The summed E-state index contributed by atoms with van der Waals surface area (Å²) in [4.78, 5) is 24.8. The fourth-order valence-electron chi connectivity index (χ4n) is 3.34. The van der Waals surface area contributed by atoms with Crippen LogP contribution in [0.25, 0.3) is 0 Å². The summed E-state index contributed by atoms with van der Waals surface area (Å²) in [5.41, 5.74) is -0.125. The maximum atomic E-state index is 14.4. The number of benzene rings is 2. The molecular weight excluding hydrogens is 523 g/mol. The summed E-state index contributed by atoms with van der Waals surface area (Å²) < 4.78 is 63.1. The van der Waals surface area contributed by atoms with Gasteiger partial charge in [-0.2, -0.15) is 13.2 Å². The highest BCUT2D eigenvalue weighted by Crippen LogP contribution is 2.66. The molecule has 0 heterocycles. The fourth-order valence-corrected chi connectivity index (χ4v) is 4.57. The first-order chi connectivity index (χ1) is 14.7. The molecule has 0 aromatic heterocycles. The molecule has 32 heavy (non-hydrogen) atoms.